The number of rotatable bonds is 5. The largest absolute Gasteiger partial charge is 0.327 e. The fourth-order valence-electron chi connectivity index (χ4n) is 1.45. The molecule has 1 aromatic heterocycles. The summed E-state index contributed by atoms with van der Waals surface area (Å²) in [4.78, 5) is 22.9. The Hall–Kier alpha value is -1.62. The number of aryl methyl sites for hydroxylation is 1. The molecule has 94 valence electrons. The maximum absolute atomic E-state index is 11.6. The number of aromatic nitrogens is 1. The lowest BCUT2D eigenvalue weighted by atomic mass is 10.1. The van der Waals surface area contributed by atoms with E-state index in [9.17, 15) is 9.59 Å². The summed E-state index contributed by atoms with van der Waals surface area (Å²) in [6.07, 6.45) is 2.70. The van der Waals surface area contributed by atoms with Crippen LogP contribution < -0.4 is 16.6 Å². The Kier molecular flexibility index (Phi) is 4.90. The van der Waals surface area contributed by atoms with E-state index in [1.54, 1.807) is 12.3 Å². The van der Waals surface area contributed by atoms with Gasteiger partial charge in [0.2, 0.25) is 5.91 Å². The van der Waals surface area contributed by atoms with E-state index in [-0.39, 0.29) is 17.5 Å². The molecule has 0 bridgehead atoms. The van der Waals surface area contributed by atoms with Crippen LogP contribution in [0.4, 0.5) is 5.69 Å². The van der Waals surface area contributed by atoms with Crippen LogP contribution in [0.5, 0.6) is 0 Å². The van der Waals surface area contributed by atoms with Crippen molar-refractivity contribution < 1.29 is 4.79 Å². The first-order valence-corrected chi connectivity index (χ1v) is 5.82. The fourth-order valence-corrected chi connectivity index (χ4v) is 1.45. The summed E-state index contributed by atoms with van der Waals surface area (Å²) in [5.41, 5.74) is 6.24. The average molecular weight is 237 g/mol. The number of carbonyl (C=O) groups excluding carboxylic acids is 1. The highest BCUT2D eigenvalue weighted by Gasteiger charge is 2.08. The normalized spacial score (nSPS) is 12.2. The summed E-state index contributed by atoms with van der Waals surface area (Å²) < 4.78 is 1.54. The SMILES string of the molecule is CCC(N)CC(=O)Nc1ccc(=O)n(CC)c1. The van der Waals surface area contributed by atoms with Gasteiger partial charge >= 0.3 is 0 Å². The van der Waals surface area contributed by atoms with E-state index >= 15 is 0 Å². The molecule has 0 fully saturated rings. The number of hydrogen-bond donors (Lipinski definition) is 2. The van der Waals surface area contributed by atoms with Crippen molar-refractivity contribution in [2.75, 3.05) is 5.32 Å². The molecule has 5 heteroatoms. The summed E-state index contributed by atoms with van der Waals surface area (Å²) >= 11 is 0. The minimum absolute atomic E-state index is 0.0734. The third-order valence-electron chi connectivity index (χ3n) is 2.58. The summed E-state index contributed by atoms with van der Waals surface area (Å²) in [6.45, 7) is 4.40. The van der Waals surface area contributed by atoms with Gasteiger partial charge in [-0.15, -0.1) is 0 Å². The van der Waals surface area contributed by atoms with E-state index in [1.165, 1.54) is 10.6 Å². The molecule has 0 aliphatic heterocycles. The van der Waals surface area contributed by atoms with Gasteiger partial charge in [-0.05, 0) is 19.4 Å². The maximum Gasteiger partial charge on any atom is 0.250 e. The van der Waals surface area contributed by atoms with Crippen LogP contribution in [0.1, 0.15) is 26.7 Å². The molecule has 1 heterocycles. The third kappa shape index (κ3) is 4.03. The molecule has 0 aliphatic rings. The quantitative estimate of drug-likeness (QED) is 0.800. The van der Waals surface area contributed by atoms with E-state index in [2.05, 4.69) is 5.32 Å². The molecular weight excluding hydrogens is 218 g/mol. The Morgan fingerprint density at radius 2 is 2.18 bits per heavy atom. The summed E-state index contributed by atoms with van der Waals surface area (Å²) in [5, 5.41) is 2.73. The van der Waals surface area contributed by atoms with Crippen LogP contribution in [-0.2, 0) is 11.3 Å². The molecule has 1 atom stereocenters. The number of anilines is 1. The Labute approximate surface area is 101 Å². The molecule has 1 amide bonds. The van der Waals surface area contributed by atoms with E-state index in [0.29, 0.717) is 18.7 Å². The number of nitrogens with one attached hydrogen (secondary N) is 1. The fraction of sp³-hybridized carbons (Fsp3) is 0.500. The monoisotopic (exact) mass is 237 g/mol. The molecule has 3 N–H and O–H groups in total. The van der Waals surface area contributed by atoms with Crippen molar-refractivity contribution in [2.24, 2.45) is 5.73 Å². The molecule has 0 spiro atoms. The van der Waals surface area contributed by atoms with Crippen molar-refractivity contribution in [3.8, 4) is 0 Å². The lowest BCUT2D eigenvalue weighted by molar-refractivity contribution is -0.116. The van der Waals surface area contributed by atoms with Gasteiger partial charge in [0.25, 0.3) is 5.56 Å². The second-order valence-corrected chi connectivity index (χ2v) is 3.96. The van der Waals surface area contributed by atoms with Crippen molar-refractivity contribution in [1.82, 2.24) is 4.57 Å². The summed E-state index contributed by atoms with van der Waals surface area (Å²) in [5.74, 6) is -0.124. The van der Waals surface area contributed by atoms with Gasteiger partial charge in [0.05, 0.1) is 5.69 Å². The number of pyridine rings is 1. The molecule has 0 radical (unpaired) electrons. The number of nitrogens with zero attached hydrogens (tertiary/aromatic N) is 1. The molecule has 1 aromatic rings. The average Bonchev–Trinajstić information content (AvgIpc) is 2.31. The van der Waals surface area contributed by atoms with Gasteiger partial charge in [0.1, 0.15) is 0 Å². The molecule has 1 rings (SSSR count). The highest BCUT2D eigenvalue weighted by molar-refractivity contribution is 5.90. The third-order valence-corrected chi connectivity index (χ3v) is 2.58. The van der Waals surface area contributed by atoms with Crippen LogP contribution in [-0.4, -0.2) is 16.5 Å². The Bertz CT molecular complexity index is 440. The van der Waals surface area contributed by atoms with Gasteiger partial charge in [0, 0.05) is 31.3 Å². The lowest BCUT2D eigenvalue weighted by Gasteiger charge is -2.10. The summed E-state index contributed by atoms with van der Waals surface area (Å²) in [6, 6.07) is 2.93. The van der Waals surface area contributed by atoms with Gasteiger partial charge in [-0.1, -0.05) is 6.92 Å². The van der Waals surface area contributed by atoms with Crippen LogP contribution in [0, 0.1) is 0 Å². The molecule has 0 saturated heterocycles. The molecule has 5 nitrogen and oxygen atoms in total. The van der Waals surface area contributed by atoms with E-state index in [1.807, 2.05) is 13.8 Å². The Balaban J connectivity index is 2.69. The topological polar surface area (TPSA) is 77.1 Å². The summed E-state index contributed by atoms with van der Waals surface area (Å²) in [7, 11) is 0. The zero-order chi connectivity index (χ0) is 12.8. The highest BCUT2D eigenvalue weighted by atomic mass is 16.1. The predicted octanol–water partition coefficient (Wildman–Crippen LogP) is 0.934. The van der Waals surface area contributed by atoms with Gasteiger partial charge < -0.3 is 15.6 Å². The van der Waals surface area contributed by atoms with Crippen molar-refractivity contribution in [3.05, 3.63) is 28.7 Å². The molecular formula is C12H19N3O2. The van der Waals surface area contributed by atoms with E-state index < -0.39 is 0 Å². The molecule has 1 unspecified atom stereocenters. The Morgan fingerprint density at radius 1 is 1.47 bits per heavy atom. The number of amides is 1. The minimum atomic E-state index is -0.124. The standard InChI is InChI=1S/C12H19N3O2/c1-3-9(13)7-11(16)14-10-5-6-12(17)15(4-2)8-10/h5-6,8-9H,3-4,7,13H2,1-2H3,(H,14,16). The first-order valence-electron chi connectivity index (χ1n) is 5.82. The molecule has 0 saturated carbocycles. The van der Waals surface area contributed by atoms with Crippen molar-refractivity contribution in [2.45, 2.75) is 39.3 Å². The highest BCUT2D eigenvalue weighted by Crippen LogP contribution is 2.05. The number of hydrogen-bond acceptors (Lipinski definition) is 3. The van der Waals surface area contributed by atoms with Gasteiger partial charge in [-0.2, -0.15) is 0 Å². The number of carbonyl (C=O) groups is 1. The molecule has 17 heavy (non-hydrogen) atoms. The first kappa shape index (κ1) is 13.4. The second kappa shape index (κ2) is 6.20. The lowest BCUT2D eigenvalue weighted by Crippen LogP contribution is -2.27. The predicted molar refractivity (Wildman–Crippen MR) is 67.9 cm³/mol. The minimum Gasteiger partial charge on any atom is -0.327 e. The van der Waals surface area contributed by atoms with Gasteiger partial charge in [-0.3, -0.25) is 9.59 Å². The van der Waals surface area contributed by atoms with Crippen molar-refractivity contribution in [3.63, 3.8) is 0 Å². The zero-order valence-corrected chi connectivity index (χ0v) is 10.3. The van der Waals surface area contributed by atoms with Crippen LogP contribution >= 0.6 is 0 Å². The molecule has 0 aromatic carbocycles. The number of nitrogens with two attached hydrogens (primary N) is 1. The zero-order valence-electron chi connectivity index (χ0n) is 10.3. The maximum atomic E-state index is 11.6. The van der Waals surface area contributed by atoms with Crippen molar-refractivity contribution >= 4 is 11.6 Å². The van der Waals surface area contributed by atoms with E-state index in [4.69, 9.17) is 5.73 Å². The second-order valence-electron chi connectivity index (χ2n) is 3.96. The first-order chi connectivity index (χ1) is 8.06. The van der Waals surface area contributed by atoms with Crippen LogP contribution in [0.2, 0.25) is 0 Å². The van der Waals surface area contributed by atoms with Crippen LogP contribution in [0.3, 0.4) is 0 Å². The smallest absolute Gasteiger partial charge is 0.250 e. The van der Waals surface area contributed by atoms with Gasteiger partial charge in [0.15, 0.2) is 0 Å². The van der Waals surface area contributed by atoms with E-state index in [0.717, 1.165) is 6.42 Å². The van der Waals surface area contributed by atoms with Crippen LogP contribution in [0.15, 0.2) is 23.1 Å². The van der Waals surface area contributed by atoms with Crippen molar-refractivity contribution in [1.29, 1.82) is 0 Å². The molecule has 0 aliphatic carbocycles. The van der Waals surface area contributed by atoms with Crippen LogP contribution in [0.25, 0.3) is 0 Å². The van der Waals surface area contributed by atoms with Gasteiger partial charge in [-0.25, -0.2) is 0 Å². The Morgan fingerprint density at radius 3 is 2.76 bits per heavy atom.